The largest absolute Gasteiger partial charge is 0.459 e. The first-order chi connectivity index (χ1) is 37.1. The number of ether oxygens (including phenoxy) is 4. The highest BCUT2D eigenvalue weighted by molar-refractivity contribution is 7.99. The number of aliphatic hydroxyl groups is 1. The summed E-state index contributed by atoms with van der Waals surface area (Å²) in [6.45, 7) is 31.9. The van der Waals surface area contributed by atoms with E-state index in [4.69, 9.17) is 32.2 Å². The van der Waals surface area contributed by atoms with Crippen molar-refractivity contribution in [2.24, 2.45) is 16.7 Å². The van der Waals surface area contributed by atoms with E-state index < -0.39 is 113 Å². The van der Waals surface area contributed by atoms with Gasteiger partial charge in [0, 0.05) is 38.0 Å². The fraction of sp³-hybridized carbons (Fsp3) is 0.787. The van der Waals surface area contributed by atoms with Gasteiger partial charge in [-0.25, -0.2) is 4.79 Å². The summed E-state index contributed by atoms with van der Waals surface area (Å²) in [5.74, 6) is -1.79. The number of fused-ring (bicyclic) bond motifs is 6. The molecule has 446 valence electrons. The number of carbonyl (C=O) groups is 5. The van der Waals surface area contributed by atoms with Crippen molar-refractivity contribution in [3.63, 3.8) is 0 Å². The highest BCUT2D eigenvalue weighted by atomic mass is 32.2. The molecule has 3 aliphatic carbocycles. The van der Waals surface area contributed by atoms with Crippen LogP contribution in [0.5, 0.6) is 0 Å². The van der Waals surface area contributed by atoms with Gasteiger partial charge in [0.05, 0.1) is 30.1 Å². The van der Waals surface area contributed by atoms with Gasteiger partial charge in [-0.2, -0.15) is 11.8 Å². The SMILES string of the molecule is CC[Si](CC)(CC)O[C@H]1C(=O)[C@]2(C)[C@@H](O[Si](CC)(CC)CC)C[C@H]3OC[C@@]3(OC(C)=O)[C@H]2[C@@H]2OC(=O)CCCCCSCCCCCC(=O)N[C@@H](c3ccccc3)[C@@H](O[Si](C)(C)C(C)(C)C)C(=O)O[C@H]3C[C@]2(O)C(C)(C)C1=C3C. The molecule has 1 amide bonds. The van der Waals surface area contributed by atoms with Crippen molar-refractivity contribution in [1.82, 2.24) is 5.32 Å². The Balaban J connectivity index is 1.70. The summed E-state index contributed by atoms with van der Waals surface area (Å²) in [7, 11) is -8.22. The Morgan fingerprint density at radius 2 is 1.37 bits per heavy atom. The standard InChI is InChI=1S/C61H101NO13SSi3/c1-17-78(18-2,19-3)73-45-38-46-60(40-69-46,72-42(8)63)53-55-61(68)39-44(41(7)49(58(61,12)13)51(54(66)59(45,53)14)75-79(20-4,21-5)22-6)70-56(67)52(74-77(15,16)57(9,10)11)50(43-32-26-23-27-33-43)62-47(64)34-28-24-30-36-76-37-31-25-29-35-48(65)71-55/h23,26-27,32-33,44-46,50-53,55,68H,17-22,24-25,28-31,34-40H2,1-16H3,(H,62,64)/t44-,45-,46+,50-,51+,52+,53-,55-,59+,60-,61+/m0/s1. The van der Waals surface area contributed by atoms with Crippen molar-refractivity contribution >= 4 is 66.3 Å². The minimum Gasteiger partial charge on any atom is -0.459 e. The third-order valence-electron chi connectivity index (χ3n) is 20.4. The number of hydrogen-bond acceptors (Lipinski definition) is 14. The molecule has 11 atom stereocenters. The second-order valence-corrected chi connectivity index (χ2v) is 41.4. The number of rotatable bonds is 14. The van der Waals surface area contributed by atoms with Crippen LogP contribution in [0, 0.1) is 16.7 Å². The predicted molar refractivity (Wildman–Crippen MR) is 319 cm³/mol. The number of esters is 3. The van der Waals surface area contributed by atoms with Crippen LogP contribution in [0.15, 0.2) is 41.5 Å². The third-order valence-corrected chi connectivity index (χ3v) is 35.2. The van der Waals surface area contributed by atoms with Gasteiger partial charge in [-0.05, 0) is 122 Å². The number of nitrogens with one attached hydrogen (secondary N) is 1. The summed E-state index contributed by atoms with van der Waals surface area (Å²) >= 11 is 1.86. The zero-order valence-electron chi connectivity index (χ0n) is 51.2. The zero-order chi connectivity index (χ0) is 58.6. The van der Waals surface area contributed by atoms with Crippen LogP contribution in [0.1, 0.15) is 173 Å². The monoisotopic (exact) mass is 1170 g/mol. The molecule has 5 aliphatic rings. The minimum absolute atomic E-state index is 0.0465. The van der Waals surface area contributed by atoms with Gasteiger partial charge in [0.2, 0.25) is 5.91 Å². The summed E-state index contributed by atoms with van der Waals surface area (Å²) in [5.41, 5.74) is -5.04. The molecule has 3 bridgehead atoms. The Labute approximate surface area is 481 Å². The van der Waals surface area contributed by atoms with Crippen molar-refractivity contribution in [1.29, 1.82) is 0 Å². The van der Waals surface area contributed by atoms with E-state index in [0.717, 1.165) is 55.3 Å². The van der Waals surface area contributed by atoms with Crippen molar-refractivity contribution in [2.45, 2.75) is 269 Å². The lowest BCUT2D eigenvalue weighted by Gasteiger charge is -2.68. The lowest BCUT2D eigenvalue weighted by Crippen LogP contribution is -2.82. The first-order valence-corrected chi connectivity index (χ1v) is 39.3. The van der Waals surface area contributed by atoms with Crippen molar-refractivity contribution < 1.29 is 61.3 Å². The molecule has 18 heteroatoms. The van der Waals surface area contributed by atoms with Crippen LogP contribution in [-0.4, -0.2) is 126 Å². The molecular weight excluding hydrogens is 1070 g/mol. The van der Waals surface area contributed by atoms with Gasteiger partial charge in [0.15, 0.2) is 42.4 Å². The molecule has 2 aliphatic heterocycles. The molecule has 14 nitrogen and oxygen atoms in total. The average molecular weight is 1170 g/mol. The van der Waals surface area contributed by atoms with Gasteiger partial charge in [0.25, 0.3) is 0 Å². The first-order valence-electron chi connectivity index (χ1n) is 30.2. The molecule has 4 fully saturated rings. The lowest BCUT2D eigenvalue weighted by atomic mass is 9.44. The van der Waals surface area contributed by atoms with E-state index in [1.165, 1.54) is 6.92 Å². The van der Waals surface area contributed by atoms with Crippen LogP contribution in [0.2, 0.25) is 54.4 Å². The van der Waals surface area contributed by atoms with Crippen molar-refractivity contribution in [3.05, 3.63) is 47.0 Å². The molecule has 0 unspecified atom stereocenters. The van der Waals surface area contributed by atoms with E-state index in [1.54, 1.807) is 0 Å². The summed E-state index contributed by atoms with van der Waals surface area (Å²) in [5, 5.41) is 17.6. The van der Waals surface area contributed by atoms with Crippen LogP contribution < -0.4 is 5.32 Å². The molecular formula is C61H101NO13SSi3. The molecule has 0 aromatic heterocycles. The smallest absolute Gasteiger partial charge is 0.337 e. The van der Waals surface area contributed by atoms with Crippen molar-refractivity contribution in [3.8, 4) is 0 Å². The van der Waals surface area contributed by atoms with Gasteiger partial charge < -0.3 is 42.6 Å². The second-order valence-electron chi connectivity index (χ2n) is 26.0. The first kappa shape index (κ1) is 65.5. The lowest BCUT2D eigenvalue weighted by molar-refractivity contribution is -0.346. The summed E-state index contributed by atoms with van der Waals surface area (Å²) in [4.78, 5) is 76.1. The van der Waals surface area contributed by atoms with E-state index in [2.05, 4.69) is 80.7 Å². The Hall–Kier alpha value is -2.69. The number of amides is 1. The maximum absolute atomic E-state index is 17.2. The molecule has 0 spiro atoms. The number of hydrogen-bond donors (Lipinski definition) is 2. The van der Waals surface area contributed by atoms with E-state index in [-0.39, 0.29) is 49.0 Å². The molecule has 2 heterocycles. The fourth-order valence-electron chi connectivity index (χ4n) is 13.6. The zero-order valence-corrected chi connectivity index (χ0v) is 55.0. The molecule has 79 heavy (non-hydrogen) atoms. The molecule has 1 aromatic carbocycles. The number of benzene rings is 1. The van der Waals surface area contributed by atoms with Gasteiger partial charge in [-0.1, -0.05) is 119 Å². The van der Waals surface area contributed by atoms with E-state index >= 15 is 9.59 Å². The van der Waals surface area contributed by atoms with Gasteiger partial charge in [0.1, 0.15) is 30.0 Å². The molecule has 0 radical (unpaired) electrons. The second kappa shape index (κ2) is 26.1. The van der Waals surface area contributed by atoms with Crippen LogP contribution in [-0.2, 0) is 56.2 Å². The van der Waals surface area contributed by atoms with E-state index in [9.17, 15) is 19.5 Å². The third kappa shape index (κ3) is 13.0. The molecule has 6 rings (SSSR count). The quantitative estimate of drug-likeness (QED) is 0.0777. The molecule has 2 N–H and O–H groups in total. The van der Waals surface area contributed by atoms with Crippen molar-refractivity contribution in [2.75, 3.05) is 18.1 Å². The maximum Gasteiger partial charge on any atom is 0.337 e. The maximum atomic E-state index is 17.2. The highest BCUT2D eigenvalue weighted by Gasteiger charge is 2.79. The minimum atomic E-state index is -2.86. The average Bonchev–Trinajstić information content (AvgIpc) is 3.20. The number of carbonyl (C=O) groups excluding carboxylic acids is 5. The van der Waals surface area contributed by atoms with Crippen LogP contribution >= 0.6 is 11.8 Å². The normalized spacial score (nSPS) is 33.0. The summed E-state index contributed by atoms with van der Waals surface area (Å²) < 4.78 is 49.5. The van der Waals surface area contributed by atoms with E-state index in [0.29, 0.717) is 47.7 Å². The highest BCUT2D eigenvalue weighted by Crippen LogP contribution is 2.65. The van der Waals surface area contributed by atoms with Crippen LogP contribution in [0.25, 0.3) is 0 Å². The molecule has 1 aromatic rings. The fourth-order valence-corrected chi connectivity index (χ4v) is 21.5. The predicted octanol–water partition coefficient (Wildman–Crippen LogP) is 12.5. The Morgan fingerprint density at radius 1 is 0.797 bits per heavy atom. The topological polar surface area (TPSA) is 182 Å². The Kier molecular flexibility index (Phi) is 21.6. The molecule has 2 saturated carbocycles. The summed E-state index contributed by atoms with van der Waals surface area (Å²) in [6.07, 6.45) is -2.04. The van der Waals surface area contributed by atoms with E-state index in [1.807, 2.05) is 69.8 Å². The van der Waals surface area contributed by atoms with Crippen LogP contribution in [0.3, 0.4) is 0 Å². The van der Waals surface area contributed by atoms with Gasteiger partial charge in [-0.15, -0.1) is 0 Å². The number of ketones is 1. The Morgan fingerprint density at radius 3 is 1.90 bits per heavy atom. The molecule has 2 saturated heterocycles. The number of Topliss-reactive ketones (excluding diaryl/α,β-unsaturated/α-hetero) is 1. The summed E-state index contributed by atoms with van der Waals surface area (Å²) in [6, 6.07) is 12.8. The Bertz CT molecular complexity index is 2320. The van der Waals surface area contributed by atoms with Gasteiger partial charge >= 0.3 is 17.9 Å². The van der Waals surface area contributed by atoms with Gasteiger partial charge in [-0.3, -0.25) is 19.2 Å². The number of thioether (sulfide) groups is 1. The van der Waals surface area contributed by atoms with Crippen LogP contribution in [0.4, 0.5) is 0 Å².